The van der Waals surface area contributed by atoms with E-state index in [4.69, 9.17) is 9.47 Å². The molecule has 0 radical (unpaired) electrons. The Morgan fingerprint density at radius 1 is 1.08 bits per heavy atom. The van der Waals surface area contributed by atoms with Crippen LogP contribution in [0.25, 0.3) is 0 Å². The molecule has 7 atom stereocenters. The second-order valence-corrected chi connectivity index (χ2v) is 9.93. The van der Waals surface area contributed by atoms with Crippen LogP contribution in [0.4, 0.5) is 0 Å². The highest BCUT2D eigenvalue weighted by Crippen LogP contribution is 2.64. The van der Waals surface area contributed by atoms with E-state index in [0.29, 0.717) is 19.4 Å². The lowest BCUT2D eigenvalue weighted by Gasteiger charge is -2.64. The summed E-state index contributed by atoms with van der Waals surface area (Å²) in [5, 5.41) is 10.5. The van der Waals surface area contributed by atoms with Crippen molar-refractivity contribution < 1.29 is 24.2 Å². The Morgan fingerprint density at radius 3 is 2.32 bits per heavy atom. The largest absolute Gasteiger partial charge is 0.385 e. The van der Waals surface area contributed by atoms with Crippen molar-refractivity contribution in [2.75, 3.05) is 6.61 Å². The minimum atomic E-state index is -0.950. The number of aliphatic hydroxyl groups excluding tert-OH is 1. The predicted molar refractivity (Wildman–Crippen MR) is 91.0 cm³/mol. The van der Waals surface area contributed by atoms with Crippen molar-refractivity contribution in [3.63, 3.8) is 0 Å². The molecular formula is C20H30O5. The van der Waals surface area contributed by atoms with Gasteiger partial charge in [-0.15, -0.1) is 0 Å². The lowest BCUT2D eigenvalue weighted by molar-refractivity contribution is -0.257. The van der Waals surface area contributed by atoms with Crippen molar-refractivity contribution in [3.8, 4) is 0 Å². The molecule has 2 heterocycles. The number of fused-ring (bicyclic) bond motifs is 3. The molecule has 0 aromatic rings. The van der Waals surface area contributed by atoms with E-state index in [-0.39, 0.29) is 34.9 Å². The van der Waals surface area contributed by atoms with Crippen LogP contribution in [0.1, 0.15) is 60.3 Å². The van der Waals surface area contributed by atoms with Crippen LogP contribution < -0.4 is 0 Å². The van der Waals surface area contributed by atoms with E-state index < -0.39 is 22.7 Å². The van der Waals surface area contributed by atoms with Gasteiger partial charge in [-0.2, -0.15) is 0 Å². The lowest BCUT2D eigenvalue weighted by Crippen LogP contribution is -2.68. The van der Waals surface area contributed by atoms with Crippen LogP contribution in [0.15, 0.2) is 0 Å². The van der Waals surface area contributed by atoms with Crippen molar-refractivity contribution in [3.05, 3.63) is 0 Å². The van der Waals surface area contributed by atoms with E-state index in [2.05, 4.69) is 13.8 Å². The van der Waals surface area contributed by atoms with Gasteiger partial charge in [0.05, 0.1) is 12.2 Å². The molecular weight excluding hydrogens is 320 g/mol. The van der Waals surface area contributed by atoms with Crippen molar-refractivity contribution in [1.29, 1.82) is 0 Å². The monoisotopic (exact) mass is 350 g/mol. The topological polar surface area (TPSA) is 76.1 Å². The number of rotatable bonds is 1. The molecule has 0 spiro atoms. The maximum atomic E-state index is 13.0. The minimum Gasteiger partial charge on any atom is -0.385 e. The van der Waals surface area contributed by atoms with E-state index in [1.165, 1.54) is 0 Å². The van der Waals surface area contributed by atoms with Gasteiger partial charge in [0.15, 0.2) is 17.2 Å². The molecule has 0 bridgehead atoms. The lowest BCUT2D eigenvalue weighted by atomic mass is 9.43. The SMILES string of the molecule is CC1(C)C(=O)[C@@H](O)C[C@]2(C)[C@@H]1CC[C@]1(C)O[C@@](C)([C@H]3CO3)C(=O)C[C@@H]21. The van der Waals surface area contributed by atoms with E-state index in [0.717, 1.165) is 12.8 Å². The summed E-state index contributed by atoms with van der Waals surface area (Å²) in [6.07, 6.45) is 1.50. The van der Waals surface area contributed by atoms with E-state index >= 15 is 0 Å². The summed E-state index contributed by atoms with van der Waals surface area (Å²) in [7, 11) is 0. The number of carbonyl (C=O) groups excluding carboxylic acids is 2. The number of epoxide rings is 1. The number of Topliss-reactive ketones (excluding diaryl/α,β-unsaturated/α-hetero) is 2. The number of ether oxygens (including phenoxy) is 2. The van der Waals surface area contributed by atoms with Gasteiger partial charge >= 0.3 is 0 Å². The van der Waals surface area contributed by atoms with E-state index in [1.54, 1.807) is 0 Å². The number of carbonyl (C=O) groups is 2. The molecule has 0 aromatic heterocycles. The van der Waals surface area contributed by atoms with Crippen molar-refractivity contribution in [2.45, 2.75) is 83.7 Å². The molecule has 4 rings (SSSR count). The molecule has 5 heteroatoms. The summed E-state index contributed by atoms with van der Waals surface area (Å²) in [4.78, 5) is 25.6. The molecule has 0 amide bonds. The molecule has 25 heavy (non-hydrogen) atoms. The Bertz CT molecular complexity index is 638. The van der Waals surface area contributed by atoms with Gasteiger partial charge in [-0.05, 0) is 44.4 Å². The summed E-state index contributed by atoms with van der Waals surface area (Å²) >= 11 is 0. The average Bonchev–Trinajstić information content (AvgIpc) is 3.32. The third-order valence-corrected chi connectivity index (χ3v) is 8.04. The molecule has 4 fully saturated rings. The van der Waals surface area contributed by atoms with Gasteiger partial charge in [0.25, 0.3) is 0 Å². The zero-order valence-corrected chi connectivity index (χ0v) is 15.9. The van der Waals surface area contributed by atoms with Crippen LogP contribution in [0.2, 0.25) is 0 Å². The molecule has 4 aliphatic rings. The van der Waals surface area contributed by atoms with Gasteiger partial charge < -0.3 is 14.6 Å². The van der Waals surface area contributed by atoms with Gasteiger partial charge in [-0.3, -0.25) is 9.59 Å². The van der Waals surface area contributed by atoms with E-state index in [1.807, 2.05) is 20.8 Å². The normalized spacial score (nSPS) is 54.6. The van der Waals surface area contributed by atoms with Gasteiger partial charge in [0.1, 0.15) is 12.2 Å². The first-order valence-electron chi connectivity index (χ1n) is 9.52. The van der Waals surface area contributed by atoms with Gasteiger partial charge in [-0.25, -0.2) is 0 Å². The van der Waals surface area contributed by atoms with Crippen molar-refractivity contribution in [1.82, 2.24) is 0 Å². The maximum Gasteiger partial charge on any atom is 0.167 e. The highest BCUT2D eigenvalue weighted by Gasteiger charge is 2.68. The first kappa shape index (κ1) is 17.6. The third-order valence-electron chi connectivity index (χ3n) is 8.04. The standard InChI is InChI=1S/C20H30O5/c1-17(2)12-6-7-19(4)13(18(12,3)9-11(21)16(17)23)8-14(22)20(5,25-19)15-10-24-15/h11-13,15,21H,6-10H2,1-5H3/t11-,12+,13-,15+,18+,19-,20+/m0/s1. The number of hydrogen-bond acceptors (Lipinski definition) is 5. The fourth-order valence-electron chi connectivity index (χ4n) is 6.57. The summed E-state index contributed by atoms with van der Waals surface area (Å²) in [5.74, 6) is 0.216. The highest BCUT2D eigenvalue weighted by molar-refractivity contribution is 5.91. The summed E-state index contributed by atoms with van der Waals surface area (Å²) < 4.78 is 11.9. The average molecular weight is 350 g/mol. The maximum absolute atomic E-state index is 13.0. The second-order valence-electron chi connectivity index (χ2n) is 9.93. The Labute approximate surface area is 149 Å². The molecule has 2 saturated heterocycles. The van der Waals surface area contributed by atoms with E-state index in [9.17, 15) is 14.7 Å². The third kappa shape index (κ3) is 2.18. The molecule has 5 nitrogen and oxygen atoms in total. The Balaban J connectivity index is 1.73. The molecule has 0 aromatic carbocycles. The van der Waals surface area contributed by atoms with Crippen LogP contribution in [-0.2, 0) is 19.1 Å². The molecule has 0 unspecified atom stereocenters. The summed E-state index contributed by atoms with van der Waals surface area (Å²) in [6.45, 7) is 10.6. The zero-order valence-electron chi connectivity index (χ0n) is 15.9. The van der Waals surface area contributed by atoms with Gasteiger partial charge in [-0.1, -0.05) is 20.8 Å². The second kappa shape index (κ2) is 4.93. The Hall–Kier alpha value is -0.780. The molecule has 1 N–H and O–H groups in total. The first-order chi connectivity index (χ1) is 11.4. The van der Waals surface area contributed by atoms with Crippen LogP contribution in [-0.4, -0.2) is 46.7 Å². The van der Waals surface area contributed by atoms with Crippen LogP contribution >= 0.6 is 0 Å². The fraction of sp³-hybridized carbons (Fsp3) is 0.900. The van der Waals surface area contributed by atoms with Gasteiger partial charge in [0.2, 0.25) is 0 Å². The molecule has 2 aliphatic heterocycles. The predicted octanol–water partition coefficient (Wildman–Crippen LogP) is 2.28. The molecule has 140 valence electrons. The van der Waals surface area contributed by atoms with Crippen LogP contribution in [0.5, 0.6) is 0 Å². The fourth-order valence-corrected chi connectivity index (χ4v) is 6.57. The molecule has 2 aliphatic carbocycles. The summed E-state index contributed by atoms with van der Waals surface area (Å²) in [6, 6.07) is 0. The van der Waals surface area contributed by atoms with Crippen molar-refractivity contribution in [2.24, 2.45) is 22.7 Å². The smallest absolute Gasteiger partial charge is 0.167 e. The zero-order chi connectivity index (χ0) is 18.4. The minimum absolute atomic E-state index is 0.0140. The van der Waals surface area contributed by atoms with Crippen molar-refractivity contribution >= 4 is 11.6 Å². The van der Waals surface area contributed by atoms with Gasteiger partial charge in [0, 0.05) is 17.8 Å². The van der Waals surface area contributed by atoms with Crippen LogP contribution in [0.3, 0.4) is 0 Å². The Kier molecular flexibility index (Phi) is 3.48. The highest BCUT2D eigenvalue weighted by atomic mass is 16.6. The number of aliphatic hydroxyl groups is 1. The molecule has 2 saturated carbocycles. The van der Waals surface area contributed by atoms with Crippen LogP contribution in [0, 0.1) is 22.7 Å². The Morgan fingerprint density at radius 2 is 1.72 bits per heavy atom. The number of ketones is 2. The first-order valence-corrected chi connectivity index (χ1v) is 9.52. The quantitative estimate of drug-likeness (QED) is 0.734. The number of hydrogen-bond donors (Lipinski definition) is 1. The summed E-state index contributed by atoms with van der Waals surface area (Å²) in [5.41, 5.74) is -2.13.